The maximum absolute atomic E-state index is 12.4. The van der Waals surface area contributed by atoms with E-state index in [0.717, 1.165) is 18.2 Å². The van der Waals surface area contributed by atoms with Crippen molar-refractivity contribution in [3.8, 4) is 0 Å². The molecule has 0 aliphatic rings. The summed E-state index contributed by atoms with van der Waals surface area (Å²) in [5.41, 5.74) is -1.10. The normalized spacial score (nSPS) is 11.9. The van der Waals surface area contributed by atoms with Crippen molar-refractivity contribution in [2.45, 2.75) is 6.18 Å². The Kier molecular flexibility index (Phi) is 2.11. The van der Waals surface area contributed by atoms with E-state index in [2.05, 4.69) is 5.10 Å². The molecule has 84 valence electrons. The Bertz CT molecular complexity index is 559. The number of alkyl halides is 3. The number of benzene rings is 1. The molecule has 0 saturated carbocycles. The first kappa shape index (κ1) is 10.5. The fourth-order valence-corrected chi connectivity index (χ4v) is 1.36. The van der Waals surface area contributed by atoms with Crippen molar-refractivity contribution in [2.75, 3.05) is 0 Å². The highest BCUT2D eigenvalue weighted by atomic mass is 19.4. The number of rotatable bonds is 1. The molecule has 1 heterocycles. The van der Waals surface area contributed by atoms with Gasteiger partial charge < -0.3 is 5.11 Å². The number of carboxylic acids is 1. The van der Waals surface area contributed by atoms with E-state index in [-0.39, 0.29) is 16.5 Å². The monoisotopic (exact) mass is 230 g/mol. The van der Waals surface area contributed by atoms with Gasteiger partial charge in [0.1, 0.15) is 5.69 Å². The zero-order valence-corrected chi connectivity index (χ0v) is 7.67. The lowest BCUT2D eigenvalue weighted by atomic mass is 10.1. The number of halogens is 3. The molecular weight excluding hydrogens is 225 g/mol. The second-order valence-corrected chi connectivity index (χ2v) is 3.13. The lowest BCUT2D eigenvalue weighted by Crippen LogP contribution is -2.05. The van der Waals surface area contributed by atoms with Crippen LogP contribution in [-0.4, -0.2) is 21.3 Å². The fraction of sp³-hybridized carbons (Fsp3) is 0.111. The molecule has 0 aliphatic carbocycles. The third-order valence-corrected chi connectivity index (χ3v) is 2.09. The Morgan fingerprint density at radius 3 is 2.62 bits per heavy atom. The van der Waals surface area contributed by atoms with E-state index < -0.39 is 17.8 Å². The van der Waals surface area contributed by atoms with Crippen molar-refractivity contribution < 1.29 is 23.1 Å². The summed E-state index contributed by atoms with van der Waals surface area (Å²) in [4.78, 5) is 10.6. The minimum absolute atomic E-state index is 0.0211. The highest BCUT2D eigenvalue weighted by Crippen LogP contribution is 2.33. The molecule has 0 amide bonds. The van der Waals surface area contributed by atoms with Gasteiger partial charge in [0, 0.05) is 5.39 Å². The Balaban J connectivity index is 2.64. The SMILES string of the molecule is O=C(O)c1ccc2c(C(F)(F)F)[nH]nc2c1. The van der Waals surface area contributed by atoms with Crippen LogP contribution in [-0.2, 0) is 6.18 Å². The molecule has 0 saturated heterocycles. The number of hydrogen-bond donors (Lipinski definition) is 2. The van der Waals surface area contributed by atoms with Gasteiger partial charge in [-0.2, -0.15) is 18.3 Å². The molecule has 2 aromatic rings. The van der Waals surface area contributed by atoms with Crippen LogP contribution in [0.4, 0.5) is 13.2 Å². The van der Waals surface area contributed by atoms with Crippen LogP contribution in [0.25, 0.3) is 10.9 Å². The summed E-state index contributed by atoms with van der Waals surface area (Å²) in [6.07, 6.45) is -4.53. The summed E-state index contributed by atoms with van der Waals surface area (Å²) in [7, 11) is 0. The molecule has 0 bridgehead atoms. The van der Waals surface area contributed by atoms with Gasteiger partial charge in [-0.1, -0.05) is 0 Å². The van der Waals surface area contributed by atoms with Crippen molar-refractivity contribution >= 4 is 16.9 Å². The lowest BCUT2D eigenvalue weighted by Gasteiger charge is -2.02. The highest BCUT2D eigenvalue weighted by molar-refractivity contribution is 5.93. The summed E-state index contributed by atoms with van der Waals surface area (Å²) in [5, 5.41) is 13.8. The maximum Gasteiger partial charge on any atom is 0.433 e. The zero-order chi connectivity index (χ0) is 11.9. The molecular formula is C9H5F3N2O2. The van der Waals surface area contributed by atoms with Crippen LogP contribution in [0.2, 0.25) is 0 Å². The fourth-order valence-electron chi connectivity index (χ4n) is 1.36. The van der Waals surface area contributed by atoms with Crippen LogP contribution in [0.1, 0.15) is 16.1 Å². The van der Waals surface area contributed by atoms with Gasteiger partial charge in [-0.15, -0.1) is 0 Å². The number of carbonyl (C=O) groups is 1. The molecule has 1 aromatic carbocycles. The van der Waals surface area contributed by atoms with Crippen LogP contribution >= 0.6 is 0 Å². The third kappa shape index (κ3) is 1.60. The van der Waals surface area contributed by atoms with E-state index in [1.807, 2.05) is 5.10 Å². The molecule has 0 aliphatic heterocycles. The van der Waals surface area contributed by atoms with Crippen LogP contribution in [0.15, 0.2) is 18.2 Å². The van der Waals surface area contributed by atoms with Crippen LogP contribution in [0, 0.1) is 0 Å². The first-order valence-corrected chi connectivity index (χ1v) is 4.18. The van der Waals surface area contributed by atoms with Gasteiger partial charge in [-0.25, -0.2) is 4.79 Å². The number of aromatic amines is 1. The van der Waals surface area contributed by atoms with Gasteiger partial charge in [-0.05, 0) is 18.2 Å². The number of aromatic carboxylic acids is 1. The van der Waals surface area contributed by atoms with Crippen molar-refractivity contribution in [2.24, 2.45) is 0 Å². The second-order valence-electron chi connectivity index (χ2n) is 3.13. The van der Waals surface area contributed by atoms with Crippen molar-refractivity contribution in [3.05, 3.63) is 29.5 Å². The first-order chi connectivity index (χ1) is 7.39. The van der Waals surface area contributed by atoms with Crippen molar-refractivity contribution in [3.63, 3.8) is 0 Å². The van der Waals surface area contributed by atoms with E-state index in [4.69, 9.17) is 5.11 Å². The highest BCUT2D eigenvalue weighted by Gasteiger charge is 2.35. The van der Waals surface area contributed by atoms with E-state index >= 15 is 0 Å². The Morgan fingerprint density at radius 1 is 1.38 bits per heavy atom. The van der Waals surface area contributed by atoms with E-state index in [1.165, 1.54) is 0 Å². The molecule has 0 unspecified atom stereocenters. The molecule has 4 nitrogen and oxygen atoms in total. The summed E-state index contributed by atoms with van der Waals surface area (Å²) in [6.45, 7) is 0. The molecule has 2 rings (SSSR count). The number of fused-ring (bicyclic) bond motifs is 1. The number of nitrogens with zero attached hydrogens (tertiary/aromatic N) is 1. The zero-order valence-electron chi connectivity index (χ0n) is 7.67. The second kappa shape index (κ2) is 3.22. The molecule has 0 fully saturated rings. The van der Waals surface area contributed by atoms with Crippen molar-refractivity contribution in [1.82, 2.24) is 10.2 Å². The van der Waals surface area contributed by atoms with Crippen LogP contribution < -0.4 is 0 Å². The standard InChI is InChI=1S/C9H5F3N2O2/c10-9(11,12)7-5-2-1-4(8(15)16)3-6(5)13-14-7/h1-3H,(H,13,14)(H,15,16). The summed E-state index contributed by atoms with van der Waals surface area (Å²) >= 11 is 0. The predicted molar refractivity (Wildman–Crippen MR) is 48.1 cm³/mol. The van der Waals surface area contributed by atoms with Gasteiger partial charge in [0.25, 0.3) is 0 Å². The number of carboxylic acid groups (broad SMARTS) is 1. The predicted octanol–water partition coefficient (Wildman–Crippen LogP) is 2.28. The lowest BCUT2D eigenvalue weighted by molar-refractivity contribution is -0.139. The van der Waals surface area contributed by atoms with E-state index in [9.17, 15) is 18.0 Å². The molecule has 2 N–H and O–H groups in total. The third-order valence-electron chi connectivity index (χ3n) is 2.09. The Morgan fingerprint density at radius 2 is 2.06 bits per heavy atom. The molecule has 7 heteroatoms. The van der Waals surface area contributed by atoms with Gasteiger partial charge in [0.2, 0.25) is 0 Å². The number of H-pyrrole nitrogens is 1. The largest absolute Gasteiger partial charge is 0.478 e. The van der Waals surface area contributed by atoms with E-state index in [0.29, 0.717) is 0 Å². The number of aromatic nitrogens is 2. The molecule has 0 spiro atoms. The maximum atomic E-state index is 12.4. The minimum Gasteiger partial charge on any atom is -0.478 e. The molecule has 1 aromatic heterocycles. The molecule has 16 heavy (non-hydrogen) atoms. The van der Waals surface area contributed by atoms with Gasteiger partial charge >= 0.3 is 12.1 Å². The van der Waals surface area contributed by atoms with Gasteiger partial charge in [-0.3, -0.25) is 5.10 Å². The van der Waals surface area contributed by atoms with Crippen LogP contribution in [0.3, 0.4) is 0 Å². The van der Waals surface area contributed by atoms with Gasteiger partial charge in [0.05, 0.1) is 11.1 Å². The quantitative estimate of drug-likeness (QED) is 0.789. The summed E-state index contributed by atoms with van der Waals surface area (Å²) in [6, 6.07) is 3.28. The summed E-state index contributed by atoms with van der Waals surface area (Å²) in [5.74, 6) is -1.21. The topological polar surface area (TPSA) is 66.0 Å². The summed E-state index contributed by atoms with van der Waals surface area (Å²) < 4.78 is 37.3. The minimum atomic E-state index is -4.53. The van der Waals surface area contributed by atoms with Gasteiger partial charge in [0.15, 0.2) is 0 Å². The number of nitrogens with one attached hydrogen (secondary N) is 1. The van der Waals surface area contributed by atoms with E-state index in [1.54, 1.807) is 0 Å². The Labute approximate surface area is 86.7 Å². The van der Waals surface area contributed by atoms with Crippen LogP contribution in [0.5, 0.6) is 0 Å². The first-order valence-electron chi connectivity index (χ1n) is 4.18. The average Bonchev–Trinajstić information content (AvgIpc) is 2.58. The smallest absolute Gasteiger partial charge is 0.433 e. The number of hydrogen-bond acceptors (Lipinski definition) is 2. The van der Waals surface area contributed by atoms with Crippen molar-refractivity contribution in [1.29, 1.82) is 0 Å². The Hall–Kier alpha value is -2.05. The molecule has 0 radical (unpaired) electrons. The molecule has 0 atom stereocenters. The average molecular weight is 230 g/mol.